The first-order valence-corrected chi connectivity index (χ1v) is 8.24. The van der Waals surface area contributed by atoms with Gasteiger partial charge in [-0.3, -0.25) is 4.72 Å². The third kappa shape index (κ3) is 2.14. The molecule has 0 aromatic heterocycles. The molecule has 1 saturated heterocycles. The van der Waals surface area contributed by atoms with Gasteiger partial charge in [0.1, 0.15) is 0 Å². The summed E-state index contributed by atoms with van der Waals surface area (Å²) in [6, 6.07) is 5.47. The van der Waals surface area contributed by atoms with E-state index in [1.165, 1.54) is 0 Å². The van der Waals surface area contributed by atoms with Crippen LogP contribution in [-0.2, 0) is 25.1 Å². The second-order valence-electron chi connectivity index (χ2n) is 6.37. The van der Waals surface area contributed by atoms with Crippen LogP contribution in [0.15, 0.2) is 18.2 Å². The van der Waals surface area contributed by atoms with Gasteiger partial charge >= 0.3 is 7.12 Å². The van der Waals surface area contributed by atoms with E-state index in [0.717, 1.165) is 11.0 Å². The highest BCUT2D eigenvalue weighted by atomic mass is 32.2. The molecule has 0 saturated carbocycles. The highest BCUT2D eigenvalue weighted by molar-refractivity contribution is 7.92. The summed E-state index contributed by atoms with van der Waals surface area (Å²) in [4.78, 5) is 0. The zero-order valence-corrected chi connectivity index (χ0v) is 12.9. The first-order chi connectivity index (χ1) is 9.10. The molecule has 20 heavy (non-hydrogen) atoms. The van der Waals surface area contributed by atoms with E-state index in [4.69, 9.17) is 9.31 Å². The van der Waals surface area contributed by atoms with Crippen LogP contribution in [0.5, 0.6) is 0 Å². The Hall–Kier alpha value is -1.05. The Balaban J connectivity index is 1.92. The van der Waals surface area contributed by atoms with Gasteiger partial charge in [0.15, 0.2) is 0 Å². The smallest absolute Gasteiger partial charge is 0.399 e. The van der Waals surface area contributed by atoms with Crippen LogP contribution in [-0.4, -0.2) is 26.7 Å². The maximum absolute atomic E-state index is 11.6. The van der Waals surface area contributed by atoms with Crippen molar-refractivity contribution in [2.45, 2.75) is 44.6 Å². The van der Waals surface area contributed by atoms with Crippen molar-refractivity contribution in [3.8, 4) is 0 Å². The van der Waals surface area contributed by atoms with Crippen LogP contribution in [0.2, 0.25) is 0 Å². The lowest BCUT2D eigenvalue weighted by molar-refractivity contribution is 0.00578. The number of hydrogen-bond acceptors (Lipinski definition) is 4. The molecule has 1 aromatic rings. The Morgan fingerprint density at radius 2 is 1.75 bits per heavy atom. The van der Waals surface area contributed by atoms with Crippen molar-refractivity contribution in [2.75, 3.05) is 4.72 Å². The second kappa shape index (κ2) is 3.99. The maximum Gasteiger partial charge on any atom is 0.494 e. The van der Waals surface area contributed by atoms with Crippen molar-refractivity contribution < 1.29 is 17.7 Å². The second-order valence-corrected chi connectivity index (χ2v) is 8.09. The molecule has 1 N–H and O–H groups in total. The largest absolute Gasteiger partial charge is 0.494 e. The molecular weight excluding hydrogens is 277 g/mol. The Morgan fingerprint density at radius 1 is 1.15 bits per heavy atom. The van der Waals surface area contributed by atoms with Gasteiger partial charge in [-0.25, -0.2) is 8.42 Å². The topological polar surface area (TPSA) is 64.6 Å². The molecule has 7 heteroatoms. The van der Waals surface area contributed by atoms with Crippen LogP contribution in [0.4, 0.5) is 5.69 Å². The normalized spacial score (nSPS) is 25.3. The quantitative estimate of drug-likeness (QED) is 0.792. The number of fused-ring (bicyclic) bond motifs is 1. The van der Waals surface area contributed by atoms with Gasteiger partial charge in [0.2, 0.25) is 10.0 Å². The van der Waals surface area contributed by atoms with Crippen LogP contribution in [0, 0.1) is 0 Å². The summed E-state index contributed by atoms with van der Waals surface area (Å²) in [5, 5.41) is 0. The van der Waals surface area contributed by atoms with Gasteiger partial charge in [-0.15, -0.1) is 0 Å². The molecule has 0 spiro atoms. The fraction of sp³-hybridized carbons (Fsp3) is 0.538. The predicted octanol–water partition coefficient (Wildman–Crippen LogP) is 1.24. The summed E-state index contributed by atoms with van der Waals surface area (Å²) < 4.78 is 37.6. The number of benzene rings is 1. The fourth-order valence-corrected chi connectivity index (χ4v) is 3.61. The SMILES string of the molecule is CC1(C)OB(c2ccc3c(c2)NS(=O)(=O)C3)OC1(C)C. The summed E-state index contributed by atoms with van der Waals surface area (Å²) in [6.07, 6.45) is 0. The van der Waals surface area contributed by atoms with Crippen molar-refractivity contribution >= 4 is 28.3 Å². The van der Waals surface area contributed by atoms with Gasteiger partial charge in [-0.1, -0.05) is 12.1 Å². The number of rotatable bonds is 1. The van der Waals surface area contributed by atoms with Gasteiger partial charge in [0, 0.05) is 0 Å². The van der Waals surface area contributed by atoms with E-state index in [1.807, 2.05) is 39.8 Å². The highest BCUT2D eigenvalue weighted by Gasteiger charge is 2.51. The van der Waals surface area contributed by atoms with Crippen LogP contribution in [0.3, 0.4) is 0 Å². The first-order valence-electron chi connectivity index (χ1n) is 6.59. The summed E-state index contributed by atoms with van der Waals surface area (Å²) in [6.45, 7) is 7.96. The Labute approximate surface area is 119 Å². The number of anilines is 1. The maximum atomic E-state index is 11.6. The Morgan fingerprint density at radius 3 is 2.35 bits per heavy atom. The summed E-state index contributed by atoms with van der Waals surface area (Å²) >= 11 is 0. The molecule has 2 aliphatic rings. The minimum Gasteiger partial charge on any atom is -0.399 e. The zero-order valence-electron chi connectivity index (χ0n) is 12.1. The molecule has 0 radical (unpaired) electrons. The molecule has 0 unspecified atom stereocenters. The van der Waals surface area contributed by atoms with Gasteiger partial charge in [0.05, 0.1) is 22.6 Å². The summed E-state index contributed by atoms with van der Waals surface area (Å²) in [7, 11) is -3.70. The molecule has 2 heterocycles. The third-order valence-corrected chi connectivity index (χ3v) is 5.49. The van der Waals surface area contributed by atoms with E-state index < -0.39 is 28.3 Å². The average molecular weight is 295 g/mol. The molecule has 108 valence electrons. The molecular formula is C13H18BNO4S. The van der Waals surface area contributed by atoms with Gasteiger partial charge in [-0.05, 0) is 44.8 Å². The molecule has 1 fully saturated rings. The molecule has 0 amide bonds. The van der Waals surface area contributed by atoms with Crippen LogP contribution in [0.25, 0.3) is 0 Å². The predicted molar refractivity (Wildman–Crippen MR) is 78.4 cm³/mol. The van der Waals surface area contributed by atoms with Crippen molar-refractivity contribution in [2.24, 2.45) is 0 Å². The van der Waals surface area contributed by atoms with Crippen LogP contribution >= 0.6 is 0 Å². The lowest BCUT2D eigenvalue weighted by atomic mass is 9.78. The molecule has 2 aliphatic heterocycles. The monoisotopic (exact) mass is 295 g/mol. The minimum atomic E-state index is -3.22. The van der Waals surface area contributed by atoms with Crippen molar-refractivity contribution in [3.05, 3.63) is 23.8 Å². The molecule has 3 rings (SSSR count). The van der Waals surface area contributed by atoms with Crippen molar-refractivity contribution in [1.29, 1.82) is 0 Å². The minimum absolute atomic E-state index is 0.0337. The number of nitrogens with one attached hydrogen (secondary N) is 1. The Kier molecular flexibility index (Phi) is 2.78. The number of sulfonamides is 1. The fourth-order valence-electron chi connectivity index (χ4n) is 2.35. The van der Waals surface area contributed by atoms with Crippen molar-refractivity contribution in [3.63, 3.8) is 0 Å². The summed E-state index contributed by atoms with van der Waals surface area (Å²) in [5.41, 5.74) is 1.42. The van der Waals surface area contributed by atoms with Gasteiger partial charge < -0.3 is 9.31 Å². The molecule has 0 atom stereocenters. The first kappa shape index (κ1) is 13.9. The van der Waals surface area contributed by atoms with Crippen LogP contribution < -0.4 is 10.2 Å². The zero-order chi connectivity index (χ0) is 14.8. The van der Waals surface area contributed by atoms with E-state index >= 15 is 0 Å². The number of hydrogen-bond donors (Lipinski definition) is 1. The third-order valence-electron chi connectivity index (χ3n) is 4.27. The van der Waals surface area contributed by atoms with E-state index in [1.54, 1.807) is 6.07 Å². The lowest BCUT2D eigenvalue weighted by Crippen LogP contribution is -2.41. The highest BCUT2D eigenvalue weighted by Crippen LogP contribution is 2.37. The van der Waals surface area contributed by atoms with E-state index in [2.05, 4.69) is 4.72 Å². The molecule has 0 aliphatic carbocycles. The lowest BCUT2D eigenvalue weighted by Gasteiger charge is -2.32. The van der Waals surface area contributed by atoms with E-state index in [-0.39, 0.29) is 5.75 Å². The average Bonchev–Trinajstić information content (AvgIpc) is 2.69. The van der Waals surface area contributed by atoms with Crippen LogP contribution in [0.1, 0.15) is 33.3 Å². The van der Waals surface area contributed by atoms with E-state index in [9.17, 15) is 8.42 Å². The van der Waals surface area contributed by atoms with Crippen molar-refractivity contribution in [1.82, 2.24) is 0 Å². The van der Waals surface area contributed by atoms with Gasteiger partial charge in [0.25, 0.3) is 0 Å². The molecule has 1 aromatic carbocycles. The van der Waals surface area contributed by atoms with E-state index in [0.29, 0.717) is 5.69 Å². The molecule has 5 nitrogen and oxygen atoms in total. The summed E-state index contributed by atoms with van der Waals surface area (Å²) in [5.74, 6) is 0.0337. The Bertz CT molecular complexity index is 653. The van der Waals surface area contributed by atoms with Gasteiger partial charge in [-0.2, -0.15) is 0 Å². The standard InChI is InChI=1S/C13H18BNO4S/c1-12(2)13(3,4)19-14(18-12)10-6-5-9-8-20(16,17)15-11(9)7-10/h5-7,15H,8H2,1-4H3. The molecule has 0 bridgehead atoms.